The third kappa shape index (κ3) is 17.9. The van der Waals surface area contributed by atoms with Gasteiger partial charge in [0.15, 0.2) is 0 Å². The van der Waals surface area contributed by atoms with Gasteiger partial charge >= 0.3 is 11.9 Å². The highest BCUT2D eigenvalue weighted by Gasteiger charge is 2.34. The summed E-state index contributed by atoms with van der Waals surface area (Å²) in [6.45, 7) is 4.06. The first-order valence-electron chi connectivity index (χ1n) is 18.5. The number of amides is 7. The molecule has 0 bridgehead atoms. The van der Waals surface area contributed by atoms with Crippen LogP contribution in [-0.2, 0) is 49.6 Å². The van der Waals surface area contributed by atoms with Crippen LogP contribution in [0.25, 0.3) is 0 Å². The summed E-state index contributed by atoms with van der Waals surface area (Å²) in [7, 11) is 0. The summed E-state index contributed by atoms with van der Waals surface area (Å²) in [6, 6.07) is 1.89. The van der Waals surface area contributed by atoms with Crippen LogP contribution < -0.4 is 37.6 Å². The highest BCUT2D eigenvalue weighted by atomic mass is 16.4. The number of rotatable bonds is 23. The van der Waals surface area contributed by atoms with Crippen LogP contribution in [0.4, 0.5) is 0 Å². The van der Waals surface area contributed by atoms with Crippen LogP contribution in [0.1, 0.15) is 90.5 Å². The Hall–Kier alpha value is -5.55. The number of primary amides is 1. The Kier molecular flexibility index (Phi) is 19.3. The van der Waals surface area contributed by atoms with Crippen LogP contribution in [0.3, 0.4) is 0 Å². The molecule has 0 spiro atoms. The molecule has 18 heteroatoms. The molecule has 1 fully saturated rings. The van der Waals surface area contributed by atoms with Crippen molar-refractivity contribution in [2.45, 2.75) is 122 Å². The molecule has 7 amide bonds. The third-order valence-corrected chi connectivity index (χ3v) is 8.99. The topological polar surface area (TPSA) is 292 Å². The lowest BCUT2D eigenvalue weighted by molar-refractivity contribution is -0.141. The van der Waals surface area contributed by atoms with Crippen molar-refractivity contribution in [1.82, 2.24) is 31.9 Å². The van der Waals surface area contributed by atoms with E-state index in [0.29, 0.717) is 5.56 Å². The molecule has 1 aromatic carbocycles. The van der Waals surface area contributed by atoms with Gasteiger partial charge in [0.25, 0.3) is 0 Å². The zero-order valence-corrected chi connectivity index (χ0v) is 31.6. The van der Waals surface area contributed by atoms with Gasteiger partial charge in [-0.3, -0.25) is 38.4 Å². The van der Waals surface area contributed by atoms with E-state index < -0.39 is 96.5 Å². The molecule has 0 aliphatic heterocycles. The van der Waals surface area contributed by atoms with E-state index in [1.807, 2.05) is 0 Å². The molecule has 0 saturated heterocycles. The van der Waals surface area contributed by atoms with Crippen molar-refractivity contribution in [1.29, 1.82) is 0 Å². The van der Waals surface area contributed by atoms with E-state index in [9.17, 15) is 53.4 Å². The molecule has 1 aromatic rings. The van der Waals surface area contributed by atoms with Crippen molar-refractivity contribution in [3.05, 3.63) is 35.9 Å². The van der Waals surface area contributed by atoms with Crippen molar-refractivity contribution in [3.8, 4) is 0 Å². The van der Waals surface area contributed by atoms with Crippen LogP contribution in [0.15, 0.2) is 30.3 Å². The van der Waals surface area contributed by atoms with Gasteiger partial charge in [0.2, 0.25) is 41.4 Å². The molecular weight excluding hydrogens is 718 g/mol. The molecule has 18 nitrogen and oxygen atoms in total. The zero-order chi connectivity index (χ0) is 41.1. The predicted octanol–water partition coefficient (Wildman–Crippen LogP) is -0.369. The fourth-order valence-electron chi connectivity index (χ4n) is 6.28. The Labute approximate surface area is 319 Å². The summed E-state index contributed by atoms with van der Waals surface area (Å²) < 4.78 is 0. The summed E-state index contributed by atoms with van der Waals surface area (Å²) in [6.07, 6.45) is 3.28. The number of benzene rings is 1. The standard InChI is InChI=1S/C37H55N7O11/c1-21(2)16-26(33(50)39-20-31(47)41-29(37(54)55)18-24-12-8-5-9-13-24)42-36(53)28(19-32(48)49)44-35(52)27(17-23-10-6-4-7-11-23)43-34(51)25(40-22(3)45)14-15-30(38)46/h5,8-9,12-13,21,23,25-29H,4,6-7,10-11,14-20H2,1-3H3,(H2,38,46)(H,39,50)(H,40,45)(H,41,47)(H,42,53)(H,43,51)(H,44,52)(H,48,49)(H,54,55)/t25-,26-,27-,28-,29-/m0/s1. The van der Waals surface area contributed by atoms with E-state index >= 15 is 0 Å². The molecule has 1 aliphatic carbocycles. The molecule has 2 rings (SSSR count). The summed E-state index contributed by atoms with van der Waals surface area (Å²) >= 11 is 0. The maximum Gasteiger partial charge on any atom is 0.326 e. The Morgan fingerprint density at radius 2 is 1.31 bits per heavy atom. The molecule has 0 radical (unpaired) electrons. The molecule has 0 unspecified atom stereocenters. The fourth-order valence-corrected chi connectivity index (χ4v) is 6.28. The molecule has 55 heavy (non-hydrogen) atoms. The predicted molar refractivity (Wildman–Crippen MR) is 197 cm³/mol. The van der Waals surface area contributed by atoms with E-state index in [1.165, 1.54) is 6.92 Å². The highest BCUT2D eigenvalue weighted by molar-refractivity contribution is 5.97. The van der Waals surface area contributed by atoms with Crippen molar-refractivity contribution in [2.75, 3.05) is 6.54 Å². The quantitative estimate of drug-likeness (QED) is 0.0692. The van der Waals surface area contributed by atoms with Crippen LogP contribution in [0.5, 0.6) is 0 Å². The van der Waals surface area contributed by atoms with E-state index in [1.54, 1.807) is 44.2 Å². The van der Waals surface area contributed by atoms with Gasteiger partial charge in [0.1, 0.15) is 30.2 Å². The number of nitrogens with two attached hydrogens (primary N) is 1. The molecule has 1 saturated carbocycles. The maximum absolute atomic E-state index is 13.8. The molecule has 0 heterocycles. The zero-order valence-electron chi connectivity index (χ0n) is 31.6. The minimum atomic E-state index is -1.70. The first-order valence-corrected chi connectivity index (χ1v) is 18.5. The lowest BCUT2D eigenvalue weighted by Gasteiger charge is -2.29. The summed E-state index contributed by atoms with van der Waals surface area (Å²) in [5.74, 6) is -8.45. The van der Waals surface area contributed by atoms with Gasteiger partial charge in [-0.2, -0.15) is 0 Å². The van der Waals surface area contributed by atoms with Crippen molar-refractivity contribution < 1.29 is 53.4 Å². The highest BCUT2D eigenvalue weighted by Crippen LogP contribution is 2.27. The SMILES string of the molecule is CC(=O)N[C@@H](CCC(N)=O)C(=O)N[C@@H](CC1CCCCC1)C(=O)N[C@@H](CC(=O)O)C(=O)N[C@@H](CC(C)C)C(=O)NCC(=O)N[C@@H](Cc1ccccc1)C(=O)O. The van der Waals surface area contributed by atoms with Gasteiger partial charge < -0.3 is 47.8 Å². The Morgan fingerprint density at radius 3 is 1.87 bits per heavy atom. The number of carboxylic acids is 2. The molecule has 1 aliphatic rings. The lowest BCUT2D eigenvalue weighted by Crippen LogP contribution is -2.59. The molecule has 0 aromatic heterocycles. The minimum Gasteiger partial charge on any atom is -0.481 e. The van der Waals surface area contributed by atoms with Crippen LogP contribution >= 0.6 is 0 Å². The van der Waals surface area contributed by atoms with Gasteiger partial charge in [-0.25, -0.2) is 4.79 Å². The largest absolute Gasteiger partial charge is 0.481 e. The van der Waals surface area contributed by atoms with Gasteiger partial charge in [-0.05, 0) is 36.7 Å². The van der Waals surface area contributed by atoms with E-state index in [0.717, 1.165) is 32.1 Å². The van der Waals surface area contributed by atoms with Crippen LogP contribution in [0, 0.1) is 11.8 Å². The first kappa shape index (κ1) is 45.6. The second-order valence-corrected chi connectivity index (χ2v) is 14.3. The molecular formula is C37H55N7O11. The number of carboxylic acid groups (broad SMARTS) is 2. The van der Waals surface area contributed by atoms with Gasteiger partial charge in [-0.1, -0.05) is 76.3 Å². The average Bonchev–Trinajstić information content (AvgIpc) is 3.11. The fraction of sp³-hybridized carbons (Fsp3) is 0.595. The minimum absolute atomic E-state index is 0.00501. The number of carbonyl (C=O) groups is 9. The lowest BCUT2D eigenvalue weighted by atomic mass is 9.84. The number of nitrogens with one attached hydrogen (secondary N) is 6. The molecule has 5 atom stereocenters. The Morgan fingerprint density at radius 1 is 0.727 bits per heavy atom. The van der Waals surface area contributed by atoms with Crippen molar-refractivity contribution >= 4 is 53.3 Å². The van der Waals surface area contributed by atoms with E-state index in [2.05, 4.69) is 31.9 Å². The monoisotopic (exact) mass is 773 g/mol. The van der Waals surface area contributed by atoms with Crippen molar-refractivity contribution in [3.63, 3.8) is 0 Å². The molecule has 304 valence electrons. The first-order chi connectivity index (χ1) is 25.9. The van der Waals surface area contributed by atoms with Crippen LogP contribution in [-0.4, -0.2) is 100 Å². The van der Waals surface area contributed by atoms with Gasteiger partial charge in [0, 0.05) is 19.8 Å². The van der Waals surface area contributed by atoms with E-state index in [4.69, 9.17) is 5.73 Å². The number of aliphatic carboxylic acids is 2. The second kappa shape index (κ2) is 23.3. The summed E-state index contributed by atoms with van der Waals surface area (Å²) in [5, 5.41) is 33.9. The second-order valence-electron chi connectivity index (χ2n) is 14.3. The normalized spacial score (nSPS) is 15.6. The maximum atomic E-state index is 13.8. The van der Waals surface area contributed by atoms with Gasteiger partial charge in [0.05, 0.1) is 13.0 Å². The van der Waals surface area contributed by atoms with Crippen molar-refractivity contribution in [2.24, 2.45) is 17.6 Å². The average molecular weight is 774 g/mol. The smallest absolute Gasteiger partial charge is 0.326 e. The third-order valence-electron chi connectivity index (χ3n) is 8.99. The summed E-state index contributed by atoms with van der Waals surface area (Å²) in [4.78, 5) is 113. The Balaban J connectivity index is 2.20. The molecule has 10 N–H and O–H groups in total. The summed E-state index contributed by atoms with van der Waals surface area (Å²) in [5.41, 5.74) is 5.90. The number of carbonyl (C=O) groups excluding carboxylic acids is 7. The number of hydrogen-bond acceptors (Lipinski definition) is 9. The number of hydrogen-bond donors (Lipinski definition) is 9. The van der Waals surface area contributed by atoms with Gasteiger partial charge in [-0.15, -0.1) is 0 Å². The Bertz CT molecular complexity index is 1520. The van der Waals surface area contributed by atoms with E-state index in [-0.39, 0.29) is 43.9 Å². The van der Waals surface area contributed by atoms with Crippen LogP contribution in [0.2, 0.25) is 0 Å².